The van der Waals surface area contributed by atoms with Gasteiger partial charge < -0.3 is 4.98 Å². The summed E-state index contributed by atoms with van der Waals surface area (Å²) in [6.45, 7) is 2.30. The van der Waals surface area contributed by atoms with E-state index in [1.807, 2.05) is 0 Å². The third-order valence-corrected chi connectivity index (χ3v) is 7.13. The minimum atomic E-state index is 1.03. The summed E-state index contributed by atoms with van der Waals surface area (Å²) in [6.07, 6.45) is 23.5. The lowest BCUT2D eigenvalue weighted by molar-refractivity contribution is 0.529. The minimum absolute atomic E-state index is 1.03. The molecule has 0 saturated carbocycles. The van der Waals surface area contributed by atoms with Gasteiger partial charge in [-0.1, -0.05) is 164 Å². The van der Waals surface area contributed by atoms with E-state index in [4.69, 9.17) is 4.98 Å². The number of aromatic amines is 1. The fraction of sp³-hybridized carbons (Fsp3) is 0.545. The molecule has 0 aliphatic carbocycles. The van der Waals surface area contributed by atoms with Crippen molar-refractivity contribution < 1.29 is 0 Å². The molecule has 3 aromatic rings. The molecule has 0 aliphatic rings. The second-order valence-electron chi connectivity index (χ2n) is 10.2. The van der Waals surface area contributed by atoms with Crippen LogP contribution < -0.4 is 0 Å². The highest BCUT2D eigenvalue weighted by Gasteiger charge is 2.13. The number of benzene rings is 2. The van der Waals surface area contributed by atoms with E-state index >= 15 is 0 Å². The molecule has 1 N–H and O–H groups in total. The van der Waals surface area contributed by atoms with Crippen molar-refractivity contribution >= 4 is 0 Å². The van der Waals surface area contributed by atoms with Crippen molar-refractivity contribution in [2.45, 2.75) is 116 Å². The molecule has 35 heavy (non-hydrogen) atoms. The van der Waals surface area contributed by atoms with Gasteiger partial charge in [-0.05, 0) is 6.42 Å². The standard InChI is InChI=1S/C33H48N2/c1-2-3-4-5-6-7-8-9-10-11-12-13-14-15-16-23-28-31-34-32(29-24-19-17-20-25-29)33(35-31)30-26-21-18-22-27-30/h17-22,24-27H,2-16,23,28H2,1H3,(H,34,35). The predicted octanol–water partition coefficient (Wildman–Crippen LogP) is 10.5. The van der Waals surface area contributed by atoms with E-state index in [1.165, 1.54) is 114 Å². The molecule has 1 aromatic heterocycles. The van der Waals surface area contributed by atoms with Crippen LogP contribution in [0, 0.1) is 0 Å². The number of H-pyrrole nitrogens is 1. The van der Waals surface area contributed by atoms with Crippen LogP contribution in [-0.2, 0) is 6.42 Å². The molecule has 0 spiro atoms. The number of aryl methyl sites for hydroxylation is 1. The quantitative estimate of drug-likeness (QED) is 0.173. The van der Waals surface area contributed by atoms with E-state index in [-0.39, 0.29) is 0 Å². The van der Waals surface area contributed by atoms with Gasteiger partial charge in [0, 0.05) is 17.5 Å². The predicted molar refractivity (Wildman–Crippen MR) is 153 cm³/mol. The van der Waals surface area contributed by atoms with Crippen molar-refractivity contribution in [3.05, 3.63) is 66.5 Å². The summed E-state index contributed by atoms with van der Waals surface area (Å²) in [6, 6.07) is 21.1. The Kier molecular flexibility index (Phi) is 13.3. The SMILES string of the molecule is CCCCCCCCCCCCCCCCCCc1nc(-c2ccccc2)c(-c2ccccc2)[nH]1. The van der Waals surface area contributed by atoms with E-state index in [0.717, 1.165) is 23.6 Å². The highest BCUT2D eigenvalue weighted by Crippen LogP contribution is 2.30. The summed E-state index contributed by atoms with van der Waals surface area (Å²) < 4.78 is 0. The van der Waals surface area contributed by atoms with Crippen LogP contribution in [0.4, 0.5) is 0 Å². The summed E-state index contributed by atoms with van der Waals surface area (Å²) in [7, 11) is 0. The van der Waals surface area contributed by atoms with E-state index in [0.29, 0.717) is 0 Å². The Morgan fingerprint density at radius 3 is 1.43 bits per heavy atom. The molecule has 2 nitrogen and oxygen atoms in total. The van der Waals surface area contributed by atoms with Gasteiger partial charge in [-0.3, -0.25) is 0 Å². The largest absolute Gasteiger partial charge is 0.341 e. The first kappa shape index (κ1) is 27.2. The monoisotopic (exact) mass is 472 g/mol. The smallest absolute Gasteiger partial charge is 0.107 e. The van der Waals surface area contributed by atoms with Crippen molar-refractivity contribution in [3.63, 3.8) is 0 Å². The van der Waals surface area contributed by atoms with Crippen LogP contribution in [0.15, 0.2) is 60.7 Å². The Labute approximate surface area is 215 Å². The average molecular weight is 473 g/mol. The van der Waals surface area contributed by atoms with E-state index in [9.17, 15) is 0 Å². The summed E-state index contributed by atoms with van der Waals surface area (Å²) in [5.41, 5.74) is 4.60. The van der Waals surface area contributed by atoms with E-state index in [2.05, 4.69) is 72.6 Å². The lowest BCUT2D eigenvalue weighted by Gasteiger charge is -2.03. The molecule has 0 unspecified atom stereocenters. The Morgan fingerprint density at radius 2 is 0.943 bits per heavy atom. The fourth-order valence-corrected chi connectivity index (χ4v) is 5.00. The second-order valence-corrected chi connectivity index (χ2v) is 10.2. The molecule has 0 aliphatic heterocycles. The maximum atomic E-state index is 5.01. The minimum Gasteiger partial charge on any atom is -0.341 e. The van der Waals surface area contributed by atoms with Gasteiger partial charge in [0.05, 0.1) is 11.4 Å². The Hall–Kier alpha value is -2.35. The molecule has 0 amide bonds. The first-order valence-electron chi connectivity index (χ1n) is 14.6. The number of rotatable bonds is 19. The molecule has 2 aromatic carbocycles. The molecular weight excluding hydrogens is 424 g/mol. The third-order valence-electron chi connectivity index (χ3n) is 7.13. The lowest BCUT2D eigenvalue weighted by Crippen LogP contribution is -1.89. The van der Waals surface area contributed by atoms with E-state index < -0.39 is 0 Å². The normalized spacial score (nSPS) is 11.2. The number of unbranched alkanes of at least 4 members (excludes halogenated alkanes) is 15. The highest BCUT2D eigenvalue weighted by atomic mass is 14.9. The van der Waals surface area contributed by atoms with Crippen molar-refractivity contribution in [2.75, 3.05) is 0 Å². The van der Waals surface area contributed by atoms with Gasteiger partial charge in [0.2, 0.25) is 0 Å². The number of hydrogen-bond acceptors (Lipinski definition) is 1. The molecule has 190 valence electrons. The van der Waals surface area contributed by atoms with Crippen LogP contribution >= 0.6 is 0 Å². The van der Waals surface area contributed by atoms with Crippen LogP contribution in [0.2, 0.25) is 0 Å². The Bertz CT molecular complexity index is 840. The summed E-state index contributed by atoms with van der Waals surface area (Å²) >= 11 is 0. The van der Waals surface area contributed by atoms with Gasteiger partial charge in [0.1, 0.15) is 5.82 Å². The van der Waals surface area contributed by atoms with Crippen LogP contribution in [-0.4, -0.2) is 9.97 Å². The molecular formula is C33H48N2. The number of imidazole rings is 1. The molecule has 3 rings (SSSR count). The van der Waals surface area contributed by atoms with Crippen molar-refractivity contribution in [1.82, 2.24) is 9.97 Å². The lowest BCUT2D eigenvalue weighted by atomic mass is 10.0. The van der Waals surface area contributed by atoms with Gasteiger partial charge in [-0.2, -0.15) is 0 Å². The third kappa shape index (κ3) is 10.4. The highest BCUT2D eigenvalue weighted by molar-refractivity contribution is 5.78. The zero-order valence-corrected chi connectivity index (χ0v) is 22.2. The van der Waals surface area contributed by atoms with Gasteiger partial charge in [-0.15, -0.1) is 0 Å². The maximum Gasteiger partial charge on any atom is 0.107 e. The van der Waals surface area contributed by atoms with E-state index in [1.54, 1.807) is 0 Å². The first-order valence-corrected chi connectivity index (χ1v) is 14.6. The van der Waals surface area contributed by atoms with Crippen LogP contribution in [0.5, 0.6) is 0 Å². The fourth-order valence-electron chi connectivity index (χ4n) is 5.00. The molecule has 0 saturated heterocycles. The van der Waals surface area contributed by atoms with Crippen LogP contribution in [0.1, 0.15) is 115 Å². The number of aromatic nitrogens is 2. The molecule has 2 heteroatoms. The second kappa shape index (κ2) is 17.1. The van der Waals surface area contributed by atoms with Crippen LogP contribution in [0.3, 0.4) is 0 Å². The average Bonchev–Trinajstić information content (AvgIpc) is 3.34. The first-order chi connectivity index (χ1) is 17.4. The van der Waals surface area contributed by atoms with Gasteiger partial charge in [0.25, 0.3) is 0 Å². The number of nitrogens with one attached hydrogen (secondary N) is 1. The van der Waals surface area contributed by atoms with Crippen LogP contribution in [0.25, 0.3) is 22.5 Å². The molecule has 0 bridgehead atoms. The zero-order chi connectivity index (χ0) is 24.4. The number of nitrogens with zero attached hydrogens (tertiary/aromatic N) is 1. The molecule has 0 atom stereocenters. The topological polar surface area (TPSA) is 28.7 Å². The van der Waals surface area contributed by atoms with Gasteiger partial charge in [0.15, 0.2) is 0 Å². The zero-order valence-electron chi connectivity index (χ0n) is 22.2. The number of hydrogen-bond donors (Lipinski definition) is 1. The van der Waals surface area contributed by atoms with Crippen molar-refractivity contribution in [3.8, 4) is 22.5 Å². The molecule has 0 radical (unpaired) electrons. The molecule has 1 heterocycles. The van der Waals surface area contributed by atoms with Gasteiger partial charge >= 0.3 is 0 Å². The van der Waals surface area contributed by atoms with Gasteiger partial charge in [-0.25, -0.2) is 4.98 Å². The molecule has 0 fully saturated rings. The maximum absolute atomic E-state index is 5.01. The Balaban J connectivity index is 1.27. The Morgan fingerprint density at radius 1 is 0.514 bits per heavy atom. The van der Waals surface area contributed by atoms with Crippen molar-refractivity contribution in [2.24, 2.45) is 0 Å². The summed E-state index contributed by atoms with van der Waals surface area (Å²) in [5.74, 6) is 1.12. The summed E-state index contributed by atoms with van der Waals surface area (Å²) in [5, 5.41) is 0. The summed E-state index contributed by atoms with van der Waals surface area (Å²) in [4.78, 5) is 8.65. The van der Waals surface area contributed by atoms with Crippen molar-refractivity contribution in [1.29, 1.82) is 0 Å².